The number of rotatable bonds is 13. The molecule has 24 heavy (non-hydrogen) atoms. The van der Waals surface area contributed by atoms with Crippen molar-refractivity contribution in [1.29, 1.82) is 0 Å². The van der Waals surface area contributed by atoms with Crippen LogP contribution >= 0.6 is 0 Å². The number of hydrogen-bond acceptors (Lipinski definition) is 3. The fourth-order valence-corrected chi connectivity index (χ4v) is 2.41. The van der Waals surface area contributed by atoms with E-state index in [4.69, 9.17) is 9.84 Å². The first-order chi connectivity index (χ1) is 11.8. The Bertz CT molecular complexity index is 360. The summed E-state index contributed by atoms with van der Waals surface area (Å²) in [4.78, 5) is 0. The largest absolute Gasteiger partial charge is 0.508 e. The molecule has 0 atom stereocenters. The van der Waals surface area contributed by atoms with Crippen molar-refractivity contribution < 1.29 is 14.9 Å². The summed E-state index contributed by atoms with van der Waals surface area (Å²) in [5, 5.41) is 17.8. The normalized spacial score (nSPS) is 10.3. The molecule has 140 valence electrons. The first-order valence-electron chi connectivity index (χ1n) is 9.71. The minimum atomic E-state index is 0.143. The molecule has 0 aliphatic rings. The van der Waals surface area contributed by atoms with Crippen LogP contribution < -0.4 is 0 Å². The van der Waals surface area contributed by atoms with Gasteiger partial charge < -0.3 is 14.9 Å². The number of aryl methyl sites for hydroxylation is 1. The van der Waals surface area contributed by atoms with Crippen LogP contribution in [0.15, 0.2) is 24.3 Å². The van der Waals surface area contributed by atoms with E-state index >= 15 is 0 Å². The van der Waals surface area contributed by atoms with Crippen molar-refractivity contribution in [3.8, 4) is 5.75 Å². The average molecular weight is 339 g/mol. The number of aliphatic hydroxyl groups is 1. The van der Waals surface area contributed by atoms with E-state index in [0.717, 1.165) is 31.4 Å². The number of aromatic hydroxyl groups is 1. The van der Waals surface area contributed by atoms with Crippen molar-refractivity contribution >= 4 is 0 Å². The molecular formula is C21H38O3. The molecule has 0 amide bonds. The molecule has 0 aliphatic carbocycles. The van der Waals surface area contributed by atoms with Crippen LogP contribution in [-0.2, 0) is 11.2 Å². The Balaban J connectivity index is 0.000000561. The summed E-state index contributed by atoms with van der Waals surface area (Å²) < 4.78 is 4.97. The first-order valence-corrected chi connectivity index (χ1v) is 9.71. The zero-order valence-electron chi connectivity index (χ0n) is 15.8. The van der Waals surface area contributed by atoms with E-state index in [0.29, 0.717) is 12.4 Å². The zero-order valence-corrected chi connectivity index (χ0v) is 15.8. The maximum atomic E-state index is 9.58. The van der Waals surface area contributed by atoms with Gasteiger partial charge in [-0.05, 0) is 30.9 Å². The molecule has 0 aromatic heterocycles. The molecule has 0 saturated heterocycles. The predicted molar refractivity (Wildman–Crippen MR) is 103 cm³/mol. The number of aliphatic hydroxyl groups excluding tert-OH is 1. The molecule has 0 bridgehead atoms. The molecule has 0 saturated carbocycles. The van der Waals surface area contributed by atoms with E-state index in [1.165, 1.54) is 44.9 Å². The zero-order chi connectivity index (χ0) is 17.9. The van der Waals surface area contributed by atoms with Crippen LogP contribution in [0.2, 0.25) is 0 Å². The van der Waals surface area contributed by atoms with Gasteiger partial charge in [0.05, 0.1) is 13.2 Å². The van der Waals surface area contributed by atoms with Crippen LogP contribution in [0.3, 0.4) is 0 Å². The second kappa shape index (κ2) is 18.3. The highest BCUT2D eigenvalue weighted by Gasteiger charge is 1.98. The highest BCUT2D eigenvalue weighted by Crippen LogP contribution is 2.18. The lowest BCUT2D eigenvalue weighted by Gasteiger charge is -2.04. The quantitative estimate of drug-likeness (QED) is 0.468. The Morgan fingerprint density at radius 3 is 2.04 bits per heavy atom. The van der Waals surface area contributed by atoms with Crippen LogP contribution in [0, 0.1) is 0 Å². The van der Waals surface area contributed by atoms with Gasteiger partial charge in [0.2, 0.25) is 0 Å². The molecule has 2 N–H and O–H groups in total. The Morgan fingerprint density at radius 1 is 0.792 bits per heavy atom. The summed E-state index contributed by atoms with van der Waals surface area (Å²) in [6.07, 6.45) is 12.5. The van der Waals surface area contributed by atoms with Gasteiger partial charge in [0.15, 0.2) is 0 Å². The molecule has 0 fully saturated rings. The van der Waals surface area contributed by atoms with Crippen LogP contribution in [-0.4, -0.2) is 30.0 Å². The summed E-state index contributed by atoms with van der Waals surface area (Å²) in [6.45, 7) is 5.78. The van der Waals surface area contributed by atoms with Gasteiger partial charge in [-0.1, -0.05) is 77.0 Å². The Morgan fingerprint density at radius 2 is 1.42 bits per heavy atom. The molecule has 3 nitrogen and oxygen atoms in total. The Hall–Kier alpha value is -1.06. The van der Waals surface area contributed by atoms with E-state index < -0.39 is 0 Å². The van der Waals surface area contributed by atoms with Crippen molar-refractivity contribution in [2.45, 2.75) is 78.1 Å². The number of phenolic OH excluding ortho intramolecular Hbond substituents is 1. The lowest BCUT2D eigenvalue weighted by molar-refractivity contribution is 0.0904. The van der Waals surface area contributed by atoms with E-state index in [9.17, 15) is 5.11 Å². The SMILES string of the molecule is CCCCCCCCCc1ccccc1O.CCCCOCCO. The summed E-state index contributed by atoms with van der Waals surface area (Å²) in [5.41, 5.74) is 1.09. The van der Waals surface area contributed by atoms with Crippen LogP contribution in [0.1, 0.15) is 77.2 Å². The fraction of sp³-hybridized carbons (Fsp3) is 0.714. The number of hydrogen-bond donors (Lipinski definition) is 2. The third-order valence-electron chi connectivity index (χ3n) is 3.92. The summed E-state index contributed by atoms with van der Waals surface area (Å²) in [7, 11) is 0. The molecule has 0 radical (unpaired) electrons. The maximum Gasteiger partial charge on any atom is 0.118 e. The first kappa shape index (κ1) is 22.9. The molecule has 1 aromatic carbocycles. The second-order valence-electron chi connectivity index (χ2n) is 6.19. The summed E-state index contributed by atoms with van der Waals surface area (Å²) >= 11 is 0. The topological polar surface area (TPSA) is 49.7 Å². The van der Waals surface area contributed by atoms with Gasteiger partial charge in [0, 0.05) is 6.61 Å². The monoisotopic (exact) mass is 338 g/mol. The van der Waals surface area contributed by atoms with E-state index in [2.05, 4.69) is 13.8 Å². The lowest BCUT2D eigenvalue weighted by Crippen LogP contribution is -1.99. The van der Waals surface area contributed by atoms with Gasteiger partial charge in [-0.15, -0.1) is 0 Å². The second-order valence-corrected chi connectivity index (χ2v) is 6.19. The molecule has 3 heteroatoms. The van der Waals surface area contributed by atoms with Gasteiger partial charge in [0.1, 0.15) is 5.75 Å². The fourth-order valence-electron chi connectivity index (χ4n) is 2.41. The molecule has 1 aromatic rings. The summed E-state index contributed by atoms with van der Waals surface area (Å²) in [6, 6.07) is 7.67. The van der Waals surface area contributed by atoms with E-state index in [1.54, 1.807) is 6.07 Å². The van der Waals surface area contributed by atoms with Gasteiger partial charge in [0.25, 0.3) is 0 Å². The maximum absolute atomic E-state index is 9.58. The third kappa shape index (κ3) is 14.5. The van der Waals surface area contributed by atoms with Crippen LogP contribution in [0.5, 0.6) is 5.75 Å². The van der Waals surface area contributed by atoms with Gasteiger partial charge in [-0.2, -0.15) is 0 Å². The minimum absolute atomic E-state index is 0.143. The van der Waals surface area contributed by atoms with Crippen LogP contribution in [0.4, 0.5) is 0 Å². The highest BCUT2D eigenvalue weighted by molar-refractivity contribution is 5.31. The highest BCUT2D eigenvalue weighted by atomic mass is 16.5. The molecule has 0 aliphatic heterocycles. The lowest BCUT2D eigenvalue weighted by atomic mass is 10.0. The molecular weight excluding hydrogens is 300 g/mol. The van der Waals surface area contributed by atoms with E-state index in [-0.39, 0.29) is 6.61 Å². The average Bonchev–Trinajstić information content (AvgIpc) is 2.60. The molecule has 1 rings (SSSR count). The van der Waals surface area contributed by atoms with Gasteiger partial charge >= 0.3 is 0 Å². The van der Waals surface area contributed by atoms with Crippen LogP contribution in [0.25, 0.3) is 0 Å². The molecule has 0 heterocycles. The summed E-state index contributed by atoms with van der Waals surface area (Å²) in [5.74, 6) is 0.452. The Kier molecular flexibility index (Phi) is 17.5. The van der Waals surface area contributed by atoms with Crippen molar-refractivity contribution in [2.24, 2.45) is 0 Å². The standard InChI is InChI=1S/C15H24O.C6H14O2/c1-2-3-4-5-6-7-8-11-14-12-9-10-13-15(14)16;1-2-3-5-8-6-4-7/h9-10,12-13,16H,2-8,11H2,1H3;7H,2-6H2,1H3. The van der Waals surface area contributed by atoms with Crippen molar-refractivity contribution in [3.63, 3.8) is 0 Å². The van der Waals surface area contributed by atoms with Crippen molar-refractivity contribution in [1.82, 2.24) is 0 Å². The number of ether oxygens (including phenoxy) is 1. The third-order valence-corrected chi connectivity index (χ3v) is 3.92. The number of phenols is 1. The smallest absolute Gasteiger partial charge is 0.118 e. The Labute approximate surface area is 149 Å². The van der Waals surface area contributed by atoms with Gasteiger partial charge in [-0.3, -0.25) is 0 Å². The van der Waals surface area contributed by atoms with E-state index in [1.807, 2.05) is 18.2 Å². The predicted octanol–water partition coefficient (Wildman–Crippen LogP) is 5.48. The molecule has 0 unspecified atom stereocenters. The molecule has 0 spiro atoms. The van der Waals surface area contributed by atoms with Crippen molar-refractivity contribution in [2.75, 3.05) is 19.8 Å². The number of benzene rings is 1. The minimum Gasteiger partial charge on any atom is -0.508 e. The van der Waals surface area contributed by atoms with Gasteiger partial charge in [-0.25, -0.2) is 0 Å². The van der Waals surface area contributed by atoms with Crippen molar-refractivity contribution in [3.05, 3.63) is 29.8 Å². The number of para-hydroxylation sites is 1. The number of unbranched alkanes of at least 4 members (excludes halogenated alkanes) is 7.